The summed E-state index contributed by atoms with van der Waals surface area (Å²) < 4.78 is 0. The second-order valence-corrected chi connectivity index (χ2v) is 7.59. The van der Waals surface area contributed by atoms with Crippen molar-refractivity contribution in [2.24, 2.45) is 0 Å². The SMILES string of the molecule is CCSCC(C)NC(=O)c1sc(N2CCCCC2)nc1N. The summed E-state index contributed by atoms with van der Waals surface area (Å²) in [5, 5.41) is 3.88. The van der Waals surface area contributed by atoms with E-state index in [4.69, 9.17) is 5.73 Å². The minimum Gasteiger partial charge on any atom is -0.382 e. The first-order valence-electron chi connectivity index (χ1n) is 7.51. The van der Waals surface area contributed by atoms with Gasteiger partial charge in [0.2, 0.25) is 0 Å². The van der Waals surface area contributed by atoms with E-state index in [-0.39, 0.29) is 11.9 Å². The number of nitrogen functional groups attached to an aromatic ring is 1. The van der Waals surface area contributed by atoms with Gasteiger partial charge < -0.3 is 16.0 Å². The highest BCUT2D eigenvalue weighted by Gasteiger charge is 2.21. The Bertz CT molecular complexity index is 472. The van der Waals surface area contributed by atoms with E-state index in [9.17, 15) is 4.79 Å². The Labute approximate surface area is 134 Å². The molecule has 2 rings (SSSR count). The van der Waals surface area contributed by atoms with Crippen LogP contribution in [0, 0.1) is 0 Å². The largest absolute Gasteiger partial charge is 0.382 e. The molecule has 5 nitrogen and oxygen atoms in total. The summed E-state index contributed by atoms with van der Waals surface area (Å²) >= 11 is 3.23. The molecule has 1 saturated heterocycles. The maximum atomic E-state index is 12.3. The van der Waals surface area contributed by atoms with Gasteiger partial charge in [-0.3, -0.25) is 4.79 Å². The molecule has 21 heavy (non-hydrogen) atoms. The molecule has 1 aliphatic rings. The van der Waals surface area contributed by atoms with E-state index in [1.165, 1.54) is 30.6 Å². The van der Waals surface area contributed by atoms with Gasteiger partial charge in [-0.25, -0.2) is 4.98 Å². The van der Waals surface area contributed by atoms with Crippen molar-refractivity contribution >= 4 is 40.0 Å². The van der Waals surface area contributed by atoms with Crippen LogP contribution in [0.15, 0.2) is 0 Å². The molecule has 0 radical (unpaired) electrons. The Hall–Kier alpha value is -0.950. The molecule has 1 aromatic rings. The summed E-state index contributed by atoms with van der Waals surface area (Å²) in [5.74, 6) is 2.23. The predicted octanol–water partition coefficient (Wildman–Crippen LogP) is 2.59. The lowest BCUT2D eigenvalue weighted by molar-refractivity contribution is 0.0948. The Kier molecular flexibility index (Phi) is 6.17. The Balaban J connectivity index is 1.99. The molecule has 0 bridgehead atoms. The number of thioether (sulfide) groups is 1. The average Bonchev–Trinajstić information content (AvgIpc) is 2.88. The van der Waals surface area contributed by atoms with E-state index >= 15 is 0 Å². The van der Waals surface area contributed by atoms with Gasteiger partial charge in [0.05, 0.1) is 0 Å². The molecule has 1 amide bonds. The summed E-state index contributed by atoms with van der Waals surface area (Å²) in [6, 6.07) is 0.141. The van der Waals surface area contributed by atoms with E-state index in [1.807, 2.05) is 18.7 Å². The Morgan fingerprint density at radius 3 is 2.86 bits per heavy atom. The van der Waals surface area contributed by atoms with Gasteiger partial charge in [-0.05, 0) is 31.9 Å². The standard InChI is InChI=1S/C14H24N4OS2/c1-3-20-9-10(2)16-13(19)11-12(15)17-14(21-11)18-7-5-4-6-8-18/h10H,3-9,15H2,1-2H3,(H,16,19). The third kappa shape index (κ3) is 4.51. The number of thiazole rings is 1. The monoisotopic (exact) mass is 328 g/mol. The maximum Gasteiger partial charge on any atom is 0.265 e. The number of aromatic nitrogens is 1. The lowest BCUT2D eigenvalue weighted by Gasteiger charge is -2.25. The van der Waals surface area contributed by atoms with E-state index < -0.39 is 0 Å². The van der Waals surface area contributed by atoms with Crippen LogP contribution in [0.5, 0.6) is 0 Å². The van der Waals surface area contributed by atoms with Crippen LogP contribution in [0.2, 0.25) is 0 Å². The van der Waals surface area contributed by atoms with Crippen molar-refractivity contribution in [1.29, 1.82) is 0 Å². The summed E-state index contributed by atoms with van der Waals surface area (Å²) in [4.78, 5) is 19.4. The molecule has 0 spiro atoms. The van der Waals surface area contributed by atoms with Crippen molar-refractivity contribution in [2.75, 3.05) is 35.2 Å². The van der Waals surface area contributed by atoms with E-state index in [0.29, 0.717) is 10.7 Å². The number of hydrogen-bond acceptors (Lipinski definition) is 6. The second kappa shape index (κ2) is 7.89. The summed E-state index contributed by atoms with van der Waals surface area (Å²) in [6.45, 7) is 6.16. The van der Waals surface area contributed by atoms with Gasteiger partial charge in [0.1, 0.15) is 10.7 Å². The van der Waals surface area contributed by atoms with Gasteiger partial charge in [0.25, 0.3) is 5.91 Å². The number of hydrogen-bond donors (Lipinski definition) is 2. The first-order valence-corrected chi connectivity index (χ1v) is 9.48. The van der Waals surface area contributed by atoms with E-state index in [0.717, 1.165) is 29.7 Å². The lowest BCUT2D eigenvalue weighted by atomic mass is 10.1. The van der Waals surface area contributed by atoms with Crippen molar-refractivity contribution in [2.45, 2.75) is 39.2 Å². The van der Waals surface area contributed by atoms with Crippen LogP contribution in [0.1, 0.15) is 42.8 Å². The average molecular weight is 329 g/mol. The molecule has 0 saturated carbocycles. The summed E-state index contributed by atoms with van der Waals surface area (Å²) in [7, 11) is 0. The smallest absolute Gasteiger partial charge is 0.265 e. The van der Waals surface area contributed by atoms with Crippen molar-refractivity contribution in [3.05, 3.63) is 4.88 Å². The quantitative estimate of drug-likeness (QED) is 0.840. The molecule has 118 valence electrons. The molecule has 7 heteroatoms. The number of anilines is 2. The van der Waals surface area contributed by atoms with Gasteiger partial charge >= 0.3 is 0 Å². The van der Waals surface area contributed by atoms with E-state index in [1.54, 1.807) is 0 Å². The van der Waals surface area contributed by atoms with Gasteiger partial charge in [0.15, 0.2) is 5.13 Å². The maximum absolute atomic E-state index is 12.3. The first kappa shape index (κ1) is 16.4. The number of nitrogens with zero attached hydrogens (tertiary/aromatic N) is 2. The fourth-order valence-corrected chi connectivity index (χ4v) is 3.94. The molecule has 0 aliphatic carbocycles. The first-order chi connectivity index (χ1) is 10.1. The zero-order valence-electron chi connectivity index (χ0n) is 12.7. The van der Waals surface area contributed by atoms with Crippen LogP contribution in [0.3, 0.4) is 0 Å². The topological polar surface area (TPSA) is 71.2 Å². The minimum atomic E-state index is -0.0996. The molecular weight excluding hydrogens is 304 g/mol. The van der Waals surface area contributed by atoms with Crippen LogP contribution >= 0.6 is 23.1 Å². The van der Waals surface area contributed by atoms with Crippen LogP contribution in [-0.4, -0.2) is 41.5 Å². The van der Waals surface area contributed by atoms with Crippen LogP contribution < -0.4 is 16.0 Å². The van der Waals surface area contributed by atoms with Gasteiger partial charge in [0, 0.05) is 24.9 Å². The number of carbonyl (C=O) groups is 1. The molecule has 2 heterocycles. The fourth-order valence-electron chi connectivity index (χ4n) is 2.33. The van der Waals surface area contributed by atoms with Crippen molar-refractivity contribution in [3.63, 3.8) is 0 Å². The predicted molar refractivity (Wildman–Crippen MR) is 92.5 cm³/mol. The third-order valence-electron chi connectivity index (χ3n) is 3.42. The molecule has 1 atom stereocenters. The number of piperidine rings is 1. The highest BCUT2D eigenvalue weighted by Crippen LogP contribution is 2.30. The third-order valence-corrected chi connectivity index (χ3v) is 5.70. The van der Waals surface area contributed by atoms with Gasteiger partial charge in [-0.15, -0.1) is 0 Å². The summed E-state index contributed by atoms with van der Waals surface area (Å²) in [5.41, 5.74) is 5.93. The molecule has 0 aromatic carbocycles. The number of rotatable bonds is 6. The molecule has 1 aromatic heterocycles. The van der Waals surface area contributed by atoms with Gasteiger partial charge in [-0.1, -0.05) is 18.3 Å². The zero-order valence-corrected chi connectivity index (χ0v) is 14.4. The number of carbonyl (C=O) groups excluding carboxylic acids is 1. The zero-order chi connectivity index (χ0) is 15.2. The van der Waals surface area contributed by atoms with Crippen LogP contribution in [0.4, 0.5) is 10.9 Å². The number of nitrogens with two attached hydrogens (primary N) is 1. The second-order valence-electron chi connectivity index (χ2n) is 5.29. The number of amides is 1. The molecule has 1 fully saturated rings. The van der Waals surface area contributed by atoms with Crippen molar-refractivity contribution < 1.29 is 4.79 Å². The lowest BCUT2D eigenvalue weighted by Crippen LogP contribution is -2.34. The van der Waals surface area contributed by atoms with Gasteiger partial charge in [-0.2, -0.15) is 11.8 Å². The van der Waals surface area contributed by atoms with Crippen molar-refractivity contribution in [3.8, 4) is 0 Å². The highest BCUT2D eigenvalue weighted by molar-refractivity contribution is 7.99. The summed E-state index contributed by atoms with van der Waals surface area (Å²) in [6.07, 6.45) is 3.65. The molecule has 1 aliphatic heterocycles. The fraction of sp³-hybridized carbons (Fsp3) is 0.714. The van der Waals surface area contributed by atoms with E-state index in [2.05, 4.69) is 22.1 Å². The van der Waals surface area contributed by atoms with Crippen LogP contribution in [0.25, 0.3) is 0 Å². The number of nitrogens with one attached hydrogen (secondary N) is 1. The highest BCUT2D eigenvalue weighted by atomic mass is 32.2. The Morgan fingerprint density at radius 1 is 1.48 bits per heavy atom. The minimum absolute atomic E-state index is 0.0996. The molecule has 1 unspecified atom stereocenters. The van der Waals surface area contributed by atoms with Crippen molar-refractivity contribution in [1.82, 2.24) is 10.3 Å². The molecular formula is C14H24N4OS2. The Morgan fingerprint density at radius 2 is 2.19 bits per heavy atom. The van der Waals surface area contributed by atoms with Crippen LogP contribution in [-0.2, 0) is 0 Å². The normalized spacial score (nSPS) is 16.8. The molecule has 3 N–H and O–H groups in total.